The van der Waals surface area contributed by atoms with Gasteiger partial charge in [-0.1, -0.05) is 67.3 Å². The van der Waals surface area contributed by atoms with Crippen LogP contribution < -0.4 is 0 Å². The molecule has 0 aliphatic heterocycles. The summed E-state index contributed by atoms with van der Waals surface area (Å²) in [6.07, 6.45) is 12.4. The Morgan fingerprint density at radius 2 is 1.25 bits per heavy atom. The van der Waals surface area contributed by atoms with Crippen LogP contribution in [0.2, 0.25) is 0 Å². The van der Waals surface area contributed by atoms with Crippen molar-refractivity contribution in [3.63, 3.8) is 0 Å². The van der Waals surface area contributed by atoms with Gasteiger partial charge in [-0.3, -0.25) is 9.59 Å². The molecule has 0 heterocycles. The average molecular weight is 349 g/mol. The highest BCUT2D eigenvalue weighted by Gasteiger charge is 2.05. The van der Waals surface area contributed by atoms with Crippen LogP contribution in [0, 0.1) is 0 Å². The minimum Gasteiger partial charge on any atom is -0.465 e. The molecule has 0 N–H and O–H groups in total. The molecule has 20 heavy (non-hydrogen) atoms. The second-order valence-electron chi connectivity index (χ2n) is 5.32. The number of esters is 1. The van der Waals surface area contributed by atoms with Crippen molar-refractivity contribution in [2.45, 2.75) is 77.6 Å². The van der Waals surface area contributed by atoms with Crippen molar-refractivity contribution in [2.24, 2.45) is 0 Å². The number of unbranched alkanes of at least 4 members (excludes halogenated alkanes) is 9. The monoisotopic (exact) mass is 348 g/mol. The number of Topliss-reactive ketones (excluding diaryl/α,β-unsaturated/α-hetero) is 1. The van der Waals surface area contributed by atoms with Gasteiger partial charge in [-0.25, -0.2) is 0 Å². The van der Waals surface area contributed by atoms with Gasteiger partial charge >= 0.3 is 5.97 Å². The SMILES string of the molecule is CC(=O)CC(=O)OCCCCCCCCCCCCBr. The molecule has 0 unspecified atom stereocenters. The van der Waals surface area contributed by atoms with E-state index in [9.17, 15) is 9.59 Å². The van der Waals surface area contributed by atoms with E-state index in [1.165, 1.54) is 58.3 Å². The summed E-state index contributed by atoms with van der Waals surface area (Å²) in [7, 11) is 0. The van der Waals surface area contributed by atoms with E-state index >= 15 is 0 Å². The first-order chi connectivity index (χ1) is 9.66. The van der Waals surface area contributed by atoms with E-state index in [-0.39, 0.29) is 18.2 Å². The summed E-state index contributed by atoms with van der Waals surface area (Å²) in [4.78, 5) is 21.8. The van der Waals surface area contributed by atoms with Crippen molar-refractivity contribution in [1.82, 2.24) is 0 Å². The summed E-state index contributed by atoms with van der Waals surface area (Å²) < 4.78 is 4.97. The van der Waals surface area contributed by atoms with E-state index in [1.54, 1.807) is 0 Å². The zero-order valence-corrected chi connectivity index (χ0v) is 14.4. The molecule has 0 saturated carbocycles. The standard InChI is InChI=1S/C16H29BrO3/c1-15(18)14-16(19)20-13-11-9-7-5-3-2-4-6-8-10-12-17/h2-14H2,1H3. The zero-order chi connectivity index (χ0) is 15.1. The normalized spacial score (nSPS) is 10.5. The molecule has 0 saturated heterocycles. The lowest BCUT2D eigenvalue weighted by Gasteiger charge is -2.04. The fraction of sp³-hybridized carbons (Fsp3) is 0.875. The van der Waals surface area contributed by atoms with Gasteiger partial charge in [-0.05, 0) is 19.8 Å². The van der Waals surface area contributed by atoms with E-state index in [4.69, 9.17) is 4.74 Å². The van der Waals surface area contributed by atoms with E-state index < -0.39 is 0 Å². The number of hydrogen-bond donors (Lipinski definition) is 0. The maximum Gasteiger partial charge on any atom is 0.313 e. The van der Waals surface area contributed by atoms with Gasteiger partial charge < -0.3 is 4.74 Å². The molecule has 4 heteroatoms. The smallest absolute Gasteiger partial charge is 0.313 e. The van der Waals surface area contributed by atoms with Gasteiger partial charge in [0.25, 0.3) is 0 Å². The number of rotatable bonds is 14. The van der Waals surface area contributed by atoms with Crippen LogP contribution in [0.4, 0.5) is 0 Å². The van der Waals surface area contributed by atoms with Gasteiger partial charge in [0.05, 0.1) is 6.61 Å². The predicted octanol–water partition coefficient (Wildman–Crippen LogP) is 4.80. The van der Waals surface area contributed by atoms with Crippen LogP contribution in [0.3, 0.4) is 0 Å². The van der Waals surface area contributed by atoms with Gasteiger partial charge in [0.1, 0.15) is 12.2 Å². The summed E-state index contributed by atoms with van der Waals surface area (Å²) in [5.74, 6) is -0.521. The summed E-state index contributed by atoms with van der Waals surface area (Å²) in [6.45, 7) is 1.86. The fourth-order valence-electron chi connectivity index (χ4n) is 2.05. The maximum absolute atomic E-state index is 11.1. The van der Waals surface area contributed by atoms with E-state index in [0.29, 0.717) is 6.61 Å². The quantitative estimate of drug-likeness (QED) is 0.196. The number of carbonyl (C=O) groups is 2. The number of alkyl halides is 1. The molecule has 0 aromatic heterocycles. The Morgan fingerprint density at radius 3 is 1.70 bits per heavy atom. The summed E-state index contributed by atoms with van der Waals surface area (Å²) in [6, 6.07) is 0. The number of ketones is 1. The molecule has 0 fully saturated rings. The summed E-state index contributed by atoms with van der Waals surface area (Å²) in [5, 5.41) is 1.13. The van der Waals surface area contributed by atoms with Gasteiger partial charge in [-0.15, -0.1) is 0 Å². The third kappa shape index (κ3) is 15.7. The lowest BCUT2D eigenvalue weighted by molar-refractivity contribution is -0.145. The molecule has 0 atom stereocenters. The highest BCUT2D eigenvalue weighted by molar-refractivity contribution is 9.09. The van der Waals surface area contributed by atoms with Crippen molar-refractivity contribution in [2.75, 3.05) is 11.9 Å². The van der Waals surface area contributed by atoms with Crippen LogP contribution in [0.15, 0.2) is 0 Å². The number of carbonyl (C=O) groups excluding carboxylic acids is 2. The fourth-order valence-corrected chi connectivity index (χ4v) is 2.45. The van der Waals surface area contributed by atoms with Crippen LogP contribution in [0.1, 0.15) is 77.6 Å². The Balaban J connectivity index is 3.09. The van der Waals surface area contributed by atoms with Crippen molar-refractivity contribution in [1.29, 1.82) is 0 Å². The molecule has 0 bridgehead atoms. The average Bonchev–Trinajstić information content (AvgIpc) is 2.39. The number of ether oxygens (including phenoxy) is 1. The molecule has 0 aromatic rings. The van der Waals surface area contributed by atoms with Gasteiger partial charge in [-0.2, -0.15) is 0 Å². The lowest BCUT2D eigenvalue weighted by Crippen LogP contribution is -2.09. The van der Waals surface area contributed by atoms with Crippen LogP contribution >= 0.6 is 15.9 Å². The van der Waals surface area contributed by atoms with Crippen LogP contribution in [0.25, 0.3) is 0 Å². The molecule has 0 spiro atoms. The van der Waals surface area contributed by atoms with Crippen molar-refractivity contribution in [3.8, 4) is 0 Å². The summed E-state index contributed by atoms with van der Waals surface area (Å²) in [5.41, 5.74) is 0. The zero-order valence-electron chi connectivity index (χ0n) is 12.8. The van der Waals surface area contributed by atoms with E-state index in [0.717, 1.165) is 18.2 Å². The molecular weight excluding hydrogens is 320 g/mol. The van der Waals surface area contributed by atoms with Gasteiger partial charge in [0, 0.05) is 5.33 Å². The molecule has 118 valence electrons. The summed E-state index contributed by atoms with van der Waals surface area (Å²) >= 11 is 3.45. The Labute approximate surface area is 132 Å². The Morgan fingerprint density at radius 1 is 0.800 bits per heavy atom. The topological polar surface area (TPSA) is 43.4 Å². The van der Waals surface area contributed by atoms with E-state index in [1.807, 2.05) is 0 Å². The molecule has 0 rings (SSSR count). The minimum absolute atomic E-state index is 0.0882. The molecule has 0 aliphatic carbocycles. The first-order valence-corrected chi connectivity index (χ1v) is 9.00. The molecule has 0 radical (unpaired) electrons. The minimum atomic E-state index is -0.388. The molecule has 0 aliphatic rings. The van der Waals surface area contributed by atoms with Crippen molar-refractivity contribution >= 4 is 27.7 Å². The van der Waals surface area contributed by atoms with E-state index in [2.05, 4.69) is 15.9 Å². The second kappa shape index (κ2) is 15.0. The van der Waals surface area contributed by atoms with Crippen molar-refractivity contribution in [3.05, 3.63) is 0 Å². The van der Waals surface area contributed by atoms with Crippen LogP contribution in [0.5, 0.6) is 0 Å². The largest absolute Gasteiger partial charge is 0.465 e. The Kier molecular flexibility index (Phi) is 14.7. The van der Waals surface area contributed by atoms with Gasteiger partial charge in [0.2, 0.25) is 0 Å². The van der Waals surface area contributed by atoms with Gasteiger partial charge in [0.15, 0.2) is 0 Å². The third-order valence-corrected chi connectivity index (χ3v) is 3.75. The predicted molar refractivity (Wildman–Crippen MR) is 86.2 cm³/mol. The first-order valence-electron chi connectivity index (χ1n) is 7.88. The molecule has 0 aromatic carbocycles. The first kappa shape index (κ1) is 19.6. The highest BCUT2D eigenvalue weighted by atomic mass is 79.9. The number of hydrogen-bond acceptors (Lipinski definition) is 3. The highest BCUT2D eigenvalue weighted by Crippen LogP contribution is 2.11. The molecular formula is C16H29BrO3. The number of halogens is 1. The second-order valence-corrected chi connectivity index (χ2v) is 6.12. The lowest BCUT2D eigenvalue weighted by atomic mass is 10.1. The third-order valence-electron chi connectivity index (χ3n) is 3.18. The molecule has 0 amide bonds. The van der Waals surface area contributed by atoms with Crippen LogP contribution in [-0.2, 0) is 14.3 Å². The Bertz CT molecular complexity index is 254. The Hall–Kier alpha value is -0.380. The maximum atomic E-state index is 11.1. The van der Waals surface area contributed by atoms with Crippen LogP contribution in [-0.4, -0.2) is 23.7 Å². The molecule has 3 nitrogen and oxygen atoms in total. The van der Waals surface area contributed by atoms with Crippen molar-refractivity contribution < 1.29 is 14.3 Å².